The first-order valence-electron chi connectivity index (χ1n) is 25.4. The maximum Gasteiger partial charge on any atom is 0.216 e. The van der Waals surface area contributed by atoms with E-state index in [4.69, 9.17) is 0 Å². The van der Waals surface area contributed by atoms with Gasteiger partial charge in [0.15, 0.2) is 0 Å². The number of fused-ring (bicyclic) bond motifs is 10. The Bertz CT molecular complexity index is 4440. The Morgan fingerprint density at radius 1 is 0.267 bits per heavy atom. The van der Waals surface area contributed by atoms with Crippen LogP contribution in [0, 0.1) is 0 Å². The van der Waals surface area contributed by atoms with Gasteiger partial charge in [-0.1, -0.05) is 127 Å². The third kappa shape index (κ3) is 6.81. The van der Waals surface area contributed by atoms with Gasteiger partial charge < -0.3 is 29.4 Å². The molecule has 0 aliphatic carbocycles. The number of nitrogens with zero attached hydrogens (tertiary/aromatic N) is 5. The topological polar surface area (TPSA) is 65.6 Å². The largest absolute Gasteiger partial charge is 0.356 e. The van der Waals surface area contributed by atoms with E-state index in [1.165, 1.54) is 32.6 Å². The lowest BCUT2D eigenvalue weighted by molar-refractivity contribution is 0.195. The highest BCUT2D eigenvalue weighted by Gasteiger charge is 2.37. The molecule has 3 aromatic heterocycles. The van der Waals surface area contributed by atoms with Gasteiger partial charge in [-0.2, -0.15) is 0 Å². The molecule has 1 aliphatic heterocycles. The van der Waals surface area contributed by atoms with Gasteiger partial charge in [-0.15, -0.1) is 0 Å². The highest BCUT2D eigenvalue weighted by atomic mass is 16.3. The highest BCUT2D eigenvalue weighted by Crippen LogP contribution is 2.49. The van der Waals surface area contributed by atoms with E-state index in [9.17, 15) is 5.11 Å². The molecule has 0 saturated heterocycles. The second-order valence-corrected chi connectivity index (χ2v) is 19.3. The number of rotatable bonds is 9. The summed E-state index contributed by atoms with van der Waals surface area (Å²) in [5.74, 6) is 0. The molecule has 8 nitrogen and oxygen atoms in total. The smallest absolute Gasteiger partial charge is 0.216 e. The molecule has 8 heteroatoms. The van der Waals surface area contributed by atoms with Gasteiger partial charge in [0, 0.05) is 72.1 Å². The van der Waals surface area contributed by atoms with Crippen LogP contribution in [0.3, 0.4) is 0 Å². The van der Waals surface area contributed by atoms with Crippen molar-refractivity contribution in [3.63, 3.8) is 0 Å². The van der Waals surface area contributed by atoms with Gasteiger partial charge in [-0.25, -0.2) is 0 Å². The number of nitrogens with one attached hydrogen (secondary N) is 2. The molecule has 15 rings (SSSR count). The third-order valence-corrected chi connectivity index (χ3v) is 15.0. The monoisotopic (exact) mass is 965 g/mol. The average Bonchev–Trinajstić information content (AvgIpc) is 4.23. The third-order valence-electron chi connectivity index (χ3n) is 15.0. The average molecular weight is 966 g/mol. The molecule has 3 N–H and O–H groups in total. The summed E-state index contributed by atoms with van der Waals surface area (Å²) < 4.78 is 7.00. The van der Waals surface area contributed by atoms with Crippen molar-refractivity contribution >= 4 is 111 Å². The Hall–Kier alpha value is -10.0. The molecule has 0 fully saturated rings. The van der Waals surface area contributed by atoms with Gasteiger partial charge in [0.05, 0.1) is 55.8 Å². The fraction of sp³-hybridized carbons (Fsp3) is 0.0149. The lowest BCUT2D eigenvalue weighted by Crippen LogP contribution is -2.37. The van der Waals surface area contributed by atoms with Gasteiger partial charge >= 0.3 is 0 Å². The van der Waals surface area contributed by atoms with E-state index in [0.717, 1.165) is 95.4 Å². The van der Waals surface area contributed by atoms with E-state index in [-0.39, 0.29) is 0 Å². The summed E-state index contributed by atoms with van der Waals surface area (Å²) in [6, 6.07) is 91.9. The van der Waals surface area contributed by atoms with Crippen molar-refractivity contribution in [2.75, 3.05) is 20.4 Å². The summed E-state index contributed by atoms with van der Waals surface area (Å²) in [7, 11) is 0. The summed E-state index contributed by atoms with van der Waals surface area (Å²) in [5, 5.41) is 27.3. The number of benzene rings is 11. The first kappa shape index (κ1) is 42.6. The minimum Gasteiger partial charge on any atom is -0.356 e. The second-order valence-electron chi connectivity index (χ2n) is 19.3. The molecular weight excluding hydrogens is 919 g/mol. The molecule has 0 spiro atoms. The van der Waals surface area contributed by atoms with Crippen LogP contribution in [0.4, 0.5) is 45.5 Å². The Labute approximate surface area is 432 Å². The normalized spacial score (nSPS) is 13.5. The van der Waals surface area contributed by atoms with Crippen LogP contribution in [-0.2, 0) is 0 Å². The molecule has 14 aromatic rings. The zero-order valence-corrected chi connectivity index (χ0v) is 40.6. The number of anilines is 8. The van der Waals surface area contributed by atoms with Crippen molar-refractivity contribution < 1.29 is 5.11 Å². The van der Waals surface area contributed by atoms with Crippen LogP contribution in [0.2, 0.25) is 0 Å². The van der Waals surface area contributed by atoms with Gasteiger partial charge in [-0.05, 0) is 133 Å². The lowest BCUT2D eigenvalue weighted by atomic mass is 10.1. The fourth-order valence-corrected chi connectivity index (χ4v) is 11.8. The summed E-state index contributed by atoms with van der Waals surface area (Å²) in [5.41, 5.74) is 17.4. The first-order valence-corrected chi connectivity index (χ1v) is 25.4. The molecule has 4 heterocycles. The SMILES string of the molecule is OC1N(c2cccc(-n3c4ccccc4c4ccccc43)c2)c2ccccc2N1c1ccc2c(c1)c1cc(Nc3ccccc3Nc3cccc(-n4c5ccccc5c5ccccc54)c3)ccc1n2-c1ccccc1. The quantitative estimate of drug-likeness (QED) is 0.135. The predicted octanol–water partition coefficient (Wildman–Crippen LogP) is 17.0. The van der Waals surface area contributed by atoms with Gasteiger partial charge in [0.25, 0.3) is 0 Å². The molecule has 0 bridgehead atoms. The van der Waals surface area contributed by atoms with Crippen LogP contribution in [0.1, 0.15) is 0 Å². The van der Waals surface area contributed by atoms with Crippen molar-refractivity contribution in [1.82, 2.24) is 13.7 Å². The van der Waals surface area contributed by atoms with Crippen LogP contribution in [0.5, 0.6) is 0 Å². The van der Waals surface area contributed by atoms with Crippen molar-refractivity contribution in [2.45, 2.75) is 6.35 Å². The Morgan fingerprint density at radius 3 is 1.23 bits per heavy atom. The van der Waals surface area contributed by atoms with Crippen molar-refractivity contribution in [1.29, 1.82) is 0 Å². The number of hydrogen-bond acceptors (Lipinski definition) is 5. The minimum absolute atomic E-state index is 0.881. The van der Waals surface area contributed by atoms with E-state index in [0.29, 0.717) is 0 Å². The molecule has 75 heavy (non-hydrogen) atoms. The lowest BCUT2D eigenvalue weighted by Gasteiger charge is -2.29. The molecular formula is C67H47N7O. The van der Waals surface area contributed by atoms with Crippen LogP contribution in [0.15, 0.2) is 261 Å². The maximum absolute atomic E-state index is 12.7. The number of aromatic nitrogens is 3. The Morgan fingerprint density at radius 2 is 0.653 bits per heavy atom. The number of para-hydroxylation sites is 9. The summed E-state index contributed by atoms with van der Waals surface area (Å²) >= 11 is 0. The van der Waals surface area contributed by atoms with E-state index in [2.05, 4.69) is 273 Å². The highest BCUT2D eigenvalue weighted by molar-refractivity contribution is 6.13. The summed E-state index contributed by atoms with van der Waals surface area (Å²) in [6.45, 7) is 0. The molecule has 0 radical (unpaired) electrons. The van der Waals surface area contributed by atoms with E-state index in [1.807, 2.05) is 21.9 Å². The maximum atomic E-state index is 12.7. The standard InChI is InChI=1S/C67H47N7O/c75-67-73(49-23-17-22-48(42-49)72-61-32-12-6-26-53(61)54-27-7-13-33-62(54)72)65-34-14-15-35-66(65)74(67)50-37-39-64-56(43-50)55-41-45(36-38-63(55)70(64)46-19-2-1-3-20-46)69-58-29-9-8-28-57(58)68-44-18-16-21-47(40-44)71-59-30-10-4-24-51(59)52-25-5-11-31-60(52)71/h1-43,67-69,75H. The molecule has 0 amide bonds. The number of hydrogen-bond donors (Lipinski definition) is 3. The first-order chi connectivity index (χ1) is 37.1. The summed E-state index contributed by atoms with van der Waals surface area (Å²) in [6.07, 6.45) is -1.03. The zero-order chi connectivity index (χ0) is 49.6. The second kappa shape index (κ2) is 17.1. The molecule has 356 valence electrons. The molecule has 1 atom stereocenters. The Balaban J connectivity index is 0.797. The van der Waals surface area contributed by atoms with E-state index in [1.54, 1.807) is 0 Å². The van der Waals surface area contributed by atoms with Gasteiger partial charge in [0.1, 0.15) is 0 Å². The van der Waals surface area contributed by atoms with E-state index < -0.39 is 6.35 Å². The number of aliphatic hydroxyl groups excluding tert-OH is 1. The molecule has 0 saturated carbocycles. The minimum atomic E-state index is -1.03. The molecule has 1 aliphatic rings. The zero-order valence-electron chi connectivity index (χ0n) is 40.6. The van der Waals surface area contributed by atoms with Crippen molar-refractivity contribution in [3.05, 3.63) is 261 Å². The van der Waals surface area contributed by atoms with Crippen LogP contribution in [0.25, 0.3) is 82.5 Å². The van der Waals surface area contributed by atoms with Crippen molar-refractivity contribution in [3.8, 4) is 17.1 Å². The van der Waals surface area contributed by atoms with Gasteiger partial charge in [-0.3, -0.25) is 9.80 Å². The van der Waals surface area contributed by atoms with Crippen molar-refractivity contribution in [2.24, 2.45) is 0 Å². The van der Waals surface area contributed by atoms with Crippen LogP contribution in [-0.4, -0.2) is 25.2 Å². The summed E-state index contributed by atoms with van der Waals surface area (Å²) in [4.78, 5) is 4.09. The molecule has 11 aromatic carbocycles. The number of aliphatic hydroxyl groups is 1. The predicted molar refractivity (Wildman–Crippen MR) is 312 cm³/mol. The van der Waals surface area contributed by atoms with Crippen LogP contribution >= 0.6 is 0 Å². The van der Waals surface area contributed by atoms with Gasteiger partial charge in [0.2, 0.25) is 6.35 Å². The van der Waals surface area contributed by atoms with Crippen LogP contribution < -0.4 is 20.4 Å². The van der Waals surface area contributed by atoms with E-state index >= 15 is 0 Å². The Kier molecular flexibility index (Phi) is 9.70. The fourth-order valence-electron chi connectivity index (χ4n) is 11.8. The molecule has 1 unspecified atom stereocenters.